The largest absolute Gasteiger partial charge is 0.550 e. The Morgan fingerprint density at radius 2 is 1.91 bits per heavy atom. The van der Waals surface area contributed by atoms with Gasteiger partial charge in [-0.3, -0.25) is 0 Å². The molecule has 0 aromatic carbocycles. The zero-order chi connectivity index (χ0) is 8.85. The standard InChI is InChI=1S/C6H11NO4/c7-4(6(10)11)2-1-3-5(8)9/h4H,1-3,7H2,(H,8,9)(H,10,11)/p-2/t4-/m0/s1. The molecule has 5 heteroatoms. The number of aliphatic carboxylic acids is 2. The summed E-state index contributed by atoms with van der Waals surface area (Å²) in [5, 5.41) is 19.8. The highest BCUT2D eigenvalue weighted by Crippen LogP contribution is 1.96. The molecule has 0 aromatic heterocycles. The molecule has 0 aromatic rings. The first-order chi connectivity index (χ1) is 5.04. The molecule has 0 rings (SSSR count). The van der Waals surface area contributed by atoms with E-state index in [9.17, 15) is 19.8 Å². The fraction of sp³-hybridized carbons (Fsp3) is 0.667. The number of rotatable bonds is 5. The van der Waals surface area contributed by atoms with Crippen LogP contribution in [0.5, 0.6) is 0 Å². The Hall–Kier alpha value is -1.10. The topological polar surface area (TPSA) is 106 Å². The van der Waals surface area contributed by atoms with Crippen LogP contribution in [0, 0.1) is 0 Å². The highest BCUT2D eigenvalue weighted by molar-refractivity contribution is 5.70. The number of carbonyl (C=O) groups is 2. The number of carbonyl (C=O) groups excluding carboxylic acids is 2. The summed E-state index contributed by atoms with van der Waals surface area (Å²) in [5.74, 6) is -2.56. The minimum absolute atomic E-state index is 0.107. The first kappa shape index (κ1) is 9.90. The molecular weight excluding hydrogens is 150 g/mol. The molecule has 0 aliphatic rings. The summed E-state index contributed by atoms with van der Waals surface area (Å²) in [7, 11) is 0. The van der Waals surface area contributed by atoms with Crippen molar-refractivity contribution in [2.75, 3.05) is 0 Å². The van der Waals surface area contributed by atoms with Crippen LogP contribution < -0.4 is 15.9 Å². The molecule has 0 saturated heterocycles. The maximum atomic E-state index is 9.98. The third-order valence-electron chi connectivity index (χ3n) is 1.20. The van der Waals surface area contributed by atoms with Crippen LogP contribution >= 0.6 is 0 Å². The van der Waals surface area contributed by atoms with E-state index < -0.39 is 18.0 Å². The first-order valence-electron chi connectivity index (χ1n) is 3.20. The maximum absolute atomic E-state index is 9.98. The van der Waals surface area contributed by atoms with Crippen molar-refractivity contribution in [3.63, 3.8) is 0 Å². The van der Waals surface area contributed by atoms with E-state index in [1.807, 2.05) is 0 Å². The Kier molecular flexibility index (Phi) is 4.21. The quantitative estimate of drug-likeness (QED) is 0.459. The molecule has 0 unspecified atom stereocenters. The number of hydrogen-bond donors (Lipinski definition) is 1. The van der Waals surface area contributed by atoms with Crippen LogP contribution in [-0.2, 0) is 9.59 Å². The smallest absolute Gasteiger partial charge is 0.0582 e. The van der Waals surface area contributed by atoms with Crippen molar-refractivity contribution in [2.45, 2.75) is 25.3 Å². The normalized spacial score (nSPS) is 12.5. The Morgan fingerprint density at radius 1 is 1.36 bits per heavy atom. The summed E-state index contributed by atoms with van der Waals surface area (Å²) in [5.41, 5.74) is 5.03. The van der Waals surface area contributed by atoms with E-state index in [0.29, 0.717) is 0 Å². The van der Waals surface area contributed by atoms with Gasteiger partial charge in [0.05, 0.1) is 5.97 Å². The highest BCUT2D eigenvalue weighted by Gasteiger charge is 2.01. The van der Waals surface area contributed by atoms with Gasteiger partial charge in [-0.1, -0.05) is 0 Å². The molecule has 64 valence electrons. The Balaban J connectivity index is 3.39. The van der Waals surface area contributed by atoms with Crippen LogP contribution in [0.2, 0.25) is 0 Å². The minimum Gasteiger partial charge on any atom is -0.550 e. The molecule has 0 bridgehead atoms. The van der Waals surface area contributed by atoms with Gasteiger partial charge in [-0.05, 0) is 19.3 Å². The molecule has 5 nitrogen and oxygen atoms in total. The van der Waals surface area contributed by atoms with E-state index in [0.717, 1.165) is 0 Å². The Morgan fingerprint density at radius 3 is 2.27 bits per heavy atom. The summed E-state index contributed by atoms with van der Waals surface area (Å²) in [4.78, 5) is 19.8. The van der Waals surface area contributed by atoms with Crippen molar-refractivity contribution in [2.24, 2.45) is 5.73 Å². The van der Waals surface area contributed by atoms with Crippen LogP contribution in [0.15, 0.2) is 0 Å². The number of nitrogens with two attached hydrogens (primary N) is 1. The van der Waals surface area contributed by atoms with Crippen molar-refractivity contribution in [3.05, 3.63) is 0 Å². The highest BCUT2D eigenvalue weighted by atomic mass is 16.4. The van der Waals surface area contributed by atoms with Crippen LogP contribution in [0.25, 0.3) is 0 Å². The fourth-order valence-electron chi connectivity index (χ4n) is 0.584. The van der Waals surface area contributed by atoms with Crippen molar-refractivity contribution in [1.82, 2.24) is 0 Å². The van der Waals surface area contributed by atoms with Gasteiger partial charge in [0.1, 0.15) is 0 Å². The molecule has 0 amide bonds. The van der Waals surface area contributed by atoms with Gasteiger partial charge in [-0.2, -0.15) is 0 Å². The minimum atomic E-state index is -1.36. The van der Waals surface area contributed by atoms with Gasteiger partial charge < -0.3 is 25.5 Å². The molecule has 1 atom stereocenters. The third kappa shape index (κ3) is 5.35. The van der Waals surface area contributed by atoms with E-state index in [2.05, 4.69) is 0 Å². The summed E-state index contributed by atoms with van der Waals surface area (Å²) >= 11 is 0. The molecule has 0 heterocycles. The van der Waals surface area contributed by atoms with Gasteiger partial charge in [-0.15, -0.1) is 0 Å². The zero-order valence-electron chi connectivity index (χ0n) is 5.91. The summed E-state index contributed by atoms with van der Waals surface area (Å²) in [6.45, 7) is 0. The number of carboxylic acid groups (broad SMARTS) is 2. The SMILES string of the molecule is N[C@@H](CCCC(=O)[O-])C(=O)[O-]. The molecule has 0 aliphatic heterocycles. The van der Waals surface area contributed by atoms with Crippen molar-refractivity contribution in [1.29, 1.82) is 0 Å². The van der Waals surface area contributed by atoms with Crippen molar-refractivity contribution in [3.8, 4) is 0 Å². The molecule has 0 radical (unpaired) electrons. The van der Waals surface area contributed by atoms with Gasteiger partial charge in [0.15, 0.2) is 0 Å². The summed E-state index contributed by atoms with van der Waals surface area (Å²) in [6.07, 6.45) is 0.148. The zero-order valence-corrected chi connectivity index (χ0v) is 5.91. The maximum Gasteiger partial charge on any atom is 0.0582 e. The Bertz CT molecular complexity index is 157. The molecule has 0 aliphatic carbocycles. The van der Waals surface area contributed by atoms with Crippen molar-refractivity contribution < 1.29 is 19.8 Å². The number of carboxylic acids is 2. The molecule has 11 heavy (non-hydrogen) atoms. The fourth-order valence-corrected chi connectivity index (χ4v) is 0.584. The Labute approximate surface area is 63.8 Å². The summed E-state index contributed by atoms with van der Waals surface area (Å²) < 4.78 is 0. The lowest BCUT2D eigenvalue weighted by Crippen LogP contribution is -2.41. The van der Waals surface area contributed by atoms with Gasteiger partial charge in [0.25, 0.3) is 0 Å². The van der Waals surface area contributed by atoms with Crippen LogP contribution in [0.3, 0.4) is 0 Å². The van der Waals surface area contributed by atoms with Crippen LogP contribution in [-0.4, -0.2) is 18.0 Å². The molecule has 0 fully saturated rings. The first-order valence-corrected chi connectivity index (χ1v) is 3.20. The van der Waals surface area contributed by atoms with Gasteiger partial charge in [-0.25, -0.2) is 0 Å². The van der Waals surface area contributed by atoms with Crippen molar-refractivity contribution >= 4 is 11.9 Å². The van der Waals surface area contributed by atoms with Crippen LogP contribution in [0.1, 0.15) is 19.3 Å². The monoisotopic (exact) mass is 159 g/mol. The van der Waals surface area contributed by atoms with E-state index in [4.69, 9.17) is 5.73 Å². The molecule has 0 spiro atoms. The lowest BCUT2D eigenvalue weighted by Gasteiger charge is -2.11. The average molecular weight is 159 g/mol. The third-order valence-corrected chi connectivity index (χ3v) is 1.20. The predicted molar refractivity (Wildman–Crippen MR) is 31.8 cm³/mol. The second-order valence-electron chi connectivity index (χ2n) is 2.19. The van der Waals surface area contributed by atoms with E-state index in [-0.39, 0.29) is 19.3 Å². The average Bonchev–Trinajstić information content (AvgIpc) is 1.86. The number of hydrogen-bond acceptors (Lipinski definition) is 5. The van der Waals surface area contributed by atoms with E-state index >= 15 is 0 Å². The van der Waals surface area contributed by atoms with E-state index in [1.54, 1.807) is 0 Å². The second-order valence-corrected chi connectivity index (χ2v) is 2.19. The molecular formula is C6H9NO4-2. The lowest BCUT2D eigenvalue weighted by atomic mass is 10.1. The van der Waals surface area contributed by atoms with Gasteiger partial charge in [0, 0.05) is 12.0 Å². The van der Waals surface area contributed by atoms with E-state index in [1.165, 1.54) is 0 Å². The van der Waals surface area contributed by atoms with Gasteiger partial charge >= 0.3 is 0 Å². The second kappa shape index (κ2) is 4.68. The van der Waals surface area contributed by atoms with Gasteiger partial charge in [0.2, 0.25) is 0 Å². The summed E-state index contributed by atoms with van der Waals surface area (Å²) in [6, 6.07) is -1.07. The molecule has 0 saturated carbocycles. The molecule has 2 N–H and O–H groups in total. The lowest BCUT2D eigenvalue weighted by molar-refractivity contribution is -0.309. The predicted octanol–water partition coefficient (Wildman–Crippen LogP) is -3.02. The van der Waals surface area contributed by atoms with Crippen LogP contribution in [0.4, 0.5) is 0 Å².